The Morgan fingerprint density at radius 3 is 2.24 bits per heavy atom. The van der Waals surface area contributed by atoms with Crippen LogP contribution < -0.4 is 20.1 Å². The number of alkyl halides is 3. The Bertz CT molecular complexity index is 1260. The first-order chi connectivity index (χ1) is 16.4. The Balaban J connectivity index is 1.43. The van der Waals surface area contributed by atoms with E-state index in [4.69, 9.17) is 4.74 Å². The third-order valence-corrected chi connectivity index (χ3v) is 4.52. The minimum atomic E-state index is -4.79. The molecule has 4 rings (SSSR count). The molecule has 0 radical (unpaired) electrons. The van der Waals surface area contributed by atoms with Gasteiger partial charge in [0.2, 0.25) is 5.88 Å². The van der Waals surface area contributed by atoms with Gasteiger partial charge >= 0.3 is 12.4 Å². The molecule has 0 unspecified atom stereocenters. The van der Waals surface area contributed by atoms with Crippen LogP contribution in [-0.4, -0.2) is 17.4 Å². The van der Waals surface area contributed by atoms with Crippen LogP contribution >= 0.6 is 0 Å². The van der Waals surface area contributed by atoms with Gasteiger partial charge in [-0.05, 0) is 59.7 Å². The molecule has 2 N–H and O–H groups in total. The highest BCUT2D eigenvalue weighted by Crippen LogP contribution is 2.30. The molecule has 1 heterocycles. The highest BCUT2D eigenvalue weighted by Gasteiger charge is 2.31. The molecule has 0 saturated heterocycles. The number of hydrogen-bond acceptors (Lipinski definition) is 4. The third-order valence-electron chi connectivity index (χ3n) is 4.52. The van der Waals surface area contributed by atoms with E-state index in [0.29, 0.717) is 11.4 Å². The molecule has 4 aromatic rings. The van der Waals surface area contributed by atoms with Gasteiger partial charge in [0.15, 0.2) is 0 Å². The Labute approximate surface area is 193 Å². The summed E-state index contributed by atoms with van der Waals surface area (Å²) in [6.45, 7) is 0. The molecule has 34 heavy (non-hydrogen) atoms. The van der Waals surface area contributed by atoms with Crippen LogP contribution in [0.2, 0.25) is 0 Å². The normalized spacial score (nSPS) is 10.9. The smallest absolute Gasteiger partial charge is 0.437 e. The number of benzene rings is 3. The van der Waals surface area contributed by atoms with Gasteiger partial charge in [0, 0.05) is 11.9 Å². The van der Waals surface area contributed by atoms with Gasteiger partial charge in [-0.2, -0.15) is 0 Å². The van der Waals surface area contributed by atoms with E-state index in [-0.39, 0.29) is 17.3 Å². The predicted octanol–water partition coefficient (Wildman–Crippen LogP) is 7.08. The molecule has 1 aromatic heterocycles. The lowest BCUT2D eigenvalue weighted by Crippen LogP contribution is -2.20. The van der Waals surface area contributed by atoms with E-state index in [9.17, 15) is 18.0 Å². The quantitative estimate of drug-likeness (QED) is 0.319. The van der Waals surface area contributed by atoms with E-state index in [2.05, 4.69) is 20.4 Å². The maximum Gasteiger partial charge on any atom is 0.573 e. The number of anilines is 2. The summed E-state index contributed by atoms with van der Waals surface area (Å²) < 4.78 is 46.6. The fourth-order valence-electron chi connectivity index (χ4n) is 3.07. The predicted molar refractivity (Wildman–Crippen MR) is 122 cm³/mol. The monoisotopic (exact) mass is 465 g/mol. The van der Waals surface area contributed by atoms with Crippen LogP contribution in [-0.2, 0) is 0 Å². The summed E-state index contributed by atoms with van der Waals surface area (Å²) in [5.74, 6) is 0.319. The summed E-state index contributed by atoms with van der Waals surface area (Å²) in [4.78, 5) is 16.6. The molecule has 9 heteroatoms. The zero-order valence-corrected chi connectivity index (χ0v) is 17.5. The second kappa shape index (κ2) is 9.95. The van der Waals surface area contributed by atoms with Gasteiger partial charge in [-0.25, -0.2) is 9.78 Å². The minimum absolute atomic E-state index is 0.178. The van der Waals surface area contributed by atoms with Crippen molar-refractivity contribution in [2.24, 2.45) is 0 Å². The fourth-order valence-corrected chi connectivity index (χ4v) is 3.07. The Hall–Kier alpha value is -4.53. The Kier molecular flexibility index (Phi) is 6.63. The van der Waals surface area contributed by atoms with Gasteiger partial charge in [0.25, 0.3) is 0 Å². The van der Waals surface area contributed by atoms with Crippen molar-refractivity contribution in [3.05, 3.63) is 97.2 Å². The molecule has 0 bridgehead atoms. The molecule has 6 nitrogen and oxygen atoms in total. The lowest BCUT2D eigenvalue weighted by molar-refractivity contribution is -0.274. The van der Waals surface area contributed by atoms with Gasteiger partial charge in [-0.15, -0.1) is 13.2 Å². The second-order valence-electron chi connectivity index (χ2n) is 7.00. The molecular formula is C25H18F3N3O3. The van der Waals surface area contributed by atoms with Crippen molar-refractivity contribution in [1.82, 2.24) is 4.98 Å². The zero-order chi connectivity index (χ0) is 24.0. The number of urea groups is 1. The second-order valence-corrected chi connectivity index (χ2v) is 7.00. The molecule has 0 spiro atoms. The molecule has 0 fully saturated rings. The number of ether oxygens (including phenoxy) is 2. The first-order valence-corrected chi connectivity index (χ1v) is 10.1. The van der Waals surface area contributed by atoms with Gasteiger partial charge in [0.05, 0.1) is 0 Å². The van der Waals surface area contributed by atoms with Gasteiger partial charge < -0.3 is 20.1 Å². The van der Waals surface area contributed by atoms with E-state index in [1.165, 1.54) is 18.3 Å². The van der Waals surface area contributed by atoms with E-state index >= 15 is 0 Å². The molecule has 0 atom stereocenters. The van der Waals surface area contributed by atoms with Crippen molar-refractivity contribution in [3.8, 4) is 28.5 Å². The fraction of sp³-hybridized carbons (Fsp3) is 0.0400. The lowest BCUT2D eigenvalue weighted by Gasteiger charge is -2.13. The zero-order valence-electron chi connectivity index (χ0n) is 17.5. The summed E-state index contributed by atoms with van der Waals surface area (Å²) >= 11 is 0. The number of nitrogens with zero attached hydrogens (tertiary/aromatic N) is 1. The summed E-state index contributed by atoms with van der Waals surface area (Å²) in [5.41, 5.74) is 2.56. The first kappa shape index (κ1) is 22.7. The van der Waals surface area contributed by atoms with E-state index in [0.717, 1.165) is 23.3 Å². The molecule has 172 valence electrons. The third kappa shape index (κ3) is 6.26. The van der Waals surface area contributed by atoms with Gasteiger partial charge in [-0.3, -0.25) is 0 Å². The molecular weight excluding hydrogens is 447 g/mol. The Morgan fingerprint density at radius 1 is 0.765 bits per heavy atom. The standard InChI is InChI=1S/C25H18F3N3O3/c26-25(27,28)34-20-13-11-19(12-14-20)30-24(32)31-22-10-5-15-29-23(22)33-21-9-4-8-18(16-21)17-6-2-1-3-7-17/h1-16H,(H2,30,31,32). The maximum atomic E-state index is 12.4. The maximum absolute atomic E-state index is 12.4. The number of rotatable bonds is 6. The average molecular weight is 465 g/mol. The van der Waals surface area contributed by atoms with Crippen molar-refractivity contribution in [3.63, 3.8) is 0 Å². The summed E-state index contributed by atoms with van der Waals surface area (Å²) in [6, 6.07) is 24.6. The summed E-state index contributed by atoms with van der Waals surface area (Å²) in [5, 5.41) is 5.16. The first-order valence-electron chi connectivity index (χ1n) is 10.1. The van der Waals surface area contributed by atoms with Crippen molar-refractivity contribution in [1.29, 1.82) is 0 Å². The van der Waals surface area contributed by atoms with E-state index < -0.39 is 12.4 Å². The van der Waals surface area contributed by atoms with Crippen LogP contribution in [0.3, 0.4) is 0 Å². The van der Waals surface area contributed by atoms with Crippen LogP contribution in [0.15, 0.2) is 97.2 Å². The molecule has 2 amide bonds. The minimum Gasteiger partial charge on any atom is -0.437 e. The van der Waals surface area contributed by atoms with Crippen LogP contribution in [0.25, 0.3) is 11.1 Å². The summed E-state index contributed by atoms with van der Waals surface area (Å²) in [7, 11) is 0. The highest BCUT2D eigenvalue weighted by molar-refractivity contribution is 6.00. The number of pyridine rings is 1. The number of carbonyl (C=O) groups excluding carboxylic acids is 1. The lowest BCUT2D eigenvalue weighted by atomic mass is 10.1. The van der Waals surface area contributed by atoms with Crippen molar-refractivity contribution in [2.45, 2.75) is 6.36 Å². The largest absolute Gasteiger partial charge is 0.573 e. The summed E-state index contributed by atoms with van der Waals surface area (Å²) in [6.07, 6.45) is -3.26. The number of amides is 2. The average Bonchev–Trinajstić information content (AvgIpc) is 2.81. The molecule has 0 aliphatic rings. The number of halogens is 3. The molecule has 0 saturated carbocycles. The molecule has 0 aliphatic heterocycles. The topological polar surface area (TPSA) is 72.5 Å². The highest BCUT2D eigenvalue weighted by atomic mass is 19.4. The van der Waals surface area contributed by atoms with E-state index in [1.807, 2.05) is 48.5 Å². The van der Waals surface area contributed by atoms with Crippen LogP contribution in [0.4, 0.5) is 29.3 Å². The number of carbonyl (C=O) groups is 1. The number of nitrogens with one attached hydrogen (secondary N) is 2. The van der Waals surface area contributed by atoms with Gasteiger partial charge in [-0.1, -0.05) is 42.5 Å². The molecule has 0 aliphatic carbocycles. The van der Waals surface area contributed by atoms with Crippen molar-refractivity contribution >= 4 is 17.4 Å². The van der Waals surface area contributed by atoms with E-state index in [1.54, 1.807) is 18.2 Å². The number of aromatic nitrogens is 1. The Morgan fingerprint density at radius 2 is 1.50 bits per heavy atom. The van der Waals surface area contributed by atoms with Crippen LogP contribution in [0.1, 0.15) is 0 Å². The number of hydrogen-bond donors (Lipinski definition) is 2. The van der Waals surface area contributed by atoms with Crippen LogP contribution in [0, 0.1) is 0 Å². The van der Waals surface area contributed by atoms with Gasteiger partial charge in [0.1, 0.15) is 17.2 Å². The van der Waals surface area contributed by atoms with Crippen LogP contribution in [0.5, 0.6) is 17.4 Å². The van der Waals surface area contributed by atoms with Crippen molar-refractivity contribution in [2.75, 3.05) is 10.6 Å². The molecule has 3 aromatic carbocycles. The SMILES string of the molecule is O=C(Nc1ccc(OC(F)(F)F)cc1)Nc1cccnc1Oc1cccc(-c2ccccc2)c1. The van der Waals surface area contributed by atoms with Crippen molar-refractivity contribution < 1.29 is 27.4 Å².